The van der Waals surface area contributed by atoms with Gasteiger partial charge in [-0.15, -0.1) is 0 Å². The molecule has 11 aromatic carbocycles. The number of hydrogen-bond donors (Lipinski definition) is 0. The Morgan fingerprint density at radius 3 is 1.23 bits per heavy atom. The first kappa shape index (κ1) is 40.8. The number of rotatable bonds is 8. The normalized spacial score (nSPS) is 14.0. The Bertz CT molecular complexity index is 3940. The average Bonchev–Trinajstić information content (AvgIpc) is 4.03. The van der Waals surface area contributed by atoms with Crippen LogP contribution < -0.4 is 9.80 Å². The first-order chi connectivity index (χ1) is 35.2. The maximum absolute atomic E-state index is 2.57. The van der Waals surface area contributed by atoms with Crippen molar-refractivity contribution in [1.29, 1.82) is 0 Å². The second kappa shape index (κ2) is 16.2. The summed E-state index contributed by atoms with van der Waals surface area (Å²) in [7, 11) is 2.19. The molecule has 0 radical (unpaired) electrons. The predicted octanol–water partition coefficient (Wildman–Crippen LogP) is 17.9. The van der Waals surface area contributed by atoms with Crippen molar-refractivity contribution in [3.63, 3.8) is 0 Å². The molecule has 0 fully saturated rings. The lowest BCUT2D eigenvalue weighted by molar-refractivity contribution is 0.793. The van der Waals surface area contributed by atoms with Gasteiger partial charge in [0.1, 0.15) is 0 Å². The van der Waals surface area contributed by atoms with E-state index in [1.54, 1.807) is 0 Å². The van der Waals surface area contributed by atoms with Gasteiger partial charge in [-0.3, -0.25) is 0 Å². The summed E-state index contributed by atoms with van der Waals surface area (Å²) in [5.74, 6) is 0. The second-order valence-electron chi connectivity index (χ2n) is 18.8. The number of fused-ring (bicyclic) bond motifs is 13. The molecular weight excluding hydrogens is 859 g/mol. The maximum Gasteiger partial charge on any atom is 0.0727 e. The maximum atomic E-state index is 2.57. The van der Waals surface area contributed by atoms with Crippen LogP contribution in [0.4, 0.5) is 34.1 Å². The summed E-state index contributed by atoms with van der Waals surface area (Å²) in [6, 6.07) is 98.7. The number of benzene rings is 11. The molecule has 14 rings (SSSR count). The van der Waals surface area contributed by atoms with Gasteiger partial charge < -0.3 is 14.4 Å². The van der Waals surface area contributed by atoms with Gasteiger partial charge in [-0.05, 0) is 134 Å². The topological polar surface area (TPSA) is 11.4 Å². The van der Waals surface area contributed by atoms with Crippen LogP contribution in [0.1, 0.15) is 22.3 Å². The van der Waals surface area contributed by atoms with E-state index in [0.29, 0.717) is 0 Å². The molecule has 1 atom stereocenters. The van der Waals surface area contributed by atoms with Crippen LogP contribution >= 0.6 is 0 Å². The predicted molar refractivity (Wildman–Crippen MR) is 297 cm³/mol. The Kier molecular flexibility index (Phi) is 9.33. The molecule has 2 aliphatic carbocycles. The molecule has 3 nitrogen and oxygen atoms in total. The van der Waals surface area contributed by atoms with E-state index >= 15 is 0 Å². The van der Waals surface area contributed by atoms with Crippen molar-refractivity contribution < 1.29 is 0 Å². The molecule has 1 spiro atoms. The van der Waals surface area contributed by atoms with Crippen LogP contribution in [0.5, 0.6) is 0 Å². The lowest BCUT2D eigenvalue weighted by atomic mass is 9.70. The van der Waals surface area contributed by atoms with Crippen molar-refractivity contribution in [2.45, 2.75) is 5.41 Å². The molecule has 71 heavy (non-hydrogen) atoms. The number of hydrogen-bond acceptors (Lipinski definition) is 2. The van der Waals surface area contributed by atoms with Crippen LogP contribution in [0.25, 0.3) is 66.3 Å². The quantitative estimate of drug-likeness (QED) is 0.151. The van der Waals surface area contributed by atoms with Gasteiger partial charge in [0.25, 0.3) is 0 Å². The highest BCUT2D eigenvalue weighted by atomic mass is 15.2. The first-order valence-electron chi connectivity index (χ1n) is 24.6. The molecule has 2 aliphatic rings. The zero-order valence-corrected chi connectivity index (χ0v) is 39.2. The van der Waals surface area contributed by atoms with Crippen LogP contribution in [-0.2, 0) is 12.5 Å². The summed E-state index contributed by atoms with van der Waals surface area (Å²) in [5, 5.41) is 2.46. The Labute approximate surface area is 414 Å². The van der Waals surface area contributed by atoms with Gasteiger partial charge >= 0.3 is 0 Å². The summed E-state index contributed by atoms with van der Waals surface area (Å²) < 4.78 is 2.34. The SMILES string of the molecule is Cn1c2ccccc2c2c(N(c3ccccc3)c3cc4c(cc3-c3ccccc3)-c3ccccc3C43c4ccccc4-c4cc(-c5ccccc5)c(N(c5ccccc5)c5ccccc5)cc43)cccc21. The fourth-order valence-corrected chi connectivity index (χ4v) is 12.2. The van der Waals surface area contributed by atoms with Gasteiger partial charge in [0, 0.05) is 51.5 Å². The number of nitrogens with zero attached hydrogens (tertiary/aromatic N) is 3. The molecule has 0 aliphatic heterocycles. The monoisotopic (exact) mass is 905 g/mol. The highest BCUT2D eigenvalue weighted by molar-refractivity contribution is 6.16. The van der Waals surface area contributed by atoms with Crippen molar-refractivity contribution >= 4 is 55.9 Å². The first-order valence-corrected chi connectivity index (χ1v) is 24.6. The molecule has 0 bridgehead atoms. The molecule has 0 amide bonds. The summed E-state index contributed by atoms with van der Waals surface area (Å²) in [5.41, 5.74) is 23.2. The molecule has 0 saturated heterocycles. The van der Waals surface area contributed by atoms with Crippen LogP contribution in [0.15, 0.2) is 267 Å². The Balaban J connectivity index is 1.13. The molecule has 0 N–H and O–H groups in total. The van der Waals surface area contributed by atoms with Crippen LogP contribution in [0.3, 0.4) is 0 Å². The van der Waals surface area contributed by atoms with Crippen molar-refractivity contribution in [2.24, 2.45) is 7.05 Å². The van der Waals surface area contributed by atoms with Crippen LogP contribution in [-0.4, -0.2) is 4.57 Å². The van der Waals surface area contributed by atoms with Gasteiger partial charge in [-0.25, -0.2) is 0 Å². The zero-order chi connectivity index (χ0) is 47.0. The van der Waals surface area contributed by atoms with Crippen molar-refractivity contribution in [3.05, 3.63) is 289 Å². The number of aromatic nitrogens is 1. The van der Waals surface area contributed by atoms with E-state index in [2.05, 4.69) is 288 Å². The van der Waals surface area contributed by atoms with E-state index in [1.807, 2.05) is 0 Å². The van der Waals surface area contributed by atoms with E-state index < -0.39 is 5.41 Å². The minimum absolute atomic E-state index is 0.668. The molecule has 1 heterocycles. The largest absolute Gasteiger partial charge is 0.344 e. The highest BCUT2D eigenvalue weighted by Gasteiger charge is 2.53. The van der Waals surface area contributed by atoms with Crippen LogP contribution in [0, 0.1) is 0 Å². The average molecular weight is 906 g/mol. The smallest absolute Gasteiger partial charge is 0.0727 e. The van der Waals surface area contributed by atoms with Gasteiger partial charge in [-0.1, -0.05) is 188 Å². The fraction of sp³-hybridized carbons (Fsp3) is 0.0294. The molecule has 0 saturated carbocycles. The van der Waals surface area contributed by atoms with Crippen molar-refractivity contribution in [3.8, 4) is 44.5 Å². The molecule has 3 heteroatoms. The van der Waals surface area contributed by atoms with E-state index in [-0.39, 0.29) is 0 Å². The van der Waals surface area contributed by atoms with Crippen molar-refractivity contribution in [2.75, 3.05) is 9.80 Å². The Morgan fingerprint density at radius 1 is 0.296 bits per heavy atom. The fourth-order valence-electron chi connectivity index (χ4n) is 12.2. The zero-order valence-electron chi connectivity index (χ0n) is 39.2. The summed E-state index contributed by atoms with van der Waals surface area (Å²) in [4.78, 5) is 4.99. The molecular formula is C68H47N3. The summed E-state index contributed by atoms with van der Waals surface area (Å²) in [6.07, 6.45) is 0. The third-order valence-corrected chi connectivity index (χ3v) is 15.2. The molecule has 12 aromatic rings. The molecule has 1 unspecified atom stereocenters. The lowest BCUT2D eigenvalue weighted by Gasteiger charge is -2.35. The standard InChI is InChI=1S/C68H47N3/c1-69-62-39-22-19-36-53(62)67-63(69)40-23-41-64(67)71(50-32-15-6-16-33-50)66-45-61-57(43-55(66)47-26-9-3-10-27-47)52-35-18-21-38-59(52)68(61)58-37-20-17-34-51(58)56-42-54(46-24-7-2-8-25-46)65(44-60(56)68)70(48-28-11-4-12-29-48)49-30-13-5-14-31-49/h2-45H,1H3. The number of anilines is 6. The minimum atomic E-state index is -0.668. The summed E-state index contributed by atoms with van der Waals surface area (Å²) >= 11 is 0. The Hall–Kier alpha value is -9.18. The number of para-hydroxylation sites is 4. The second-order valence-corrected chi connectivity index (χ2v) is 18.8. The third kappa shape index (κ3) is 6.09. The van der Waals surface area contributed by atoms with Gasteiger partial charge in [0.15, 0.2) is 0 Å². The van der Waals surface area contributed by atoms with E-state index in [1.165, 1.54) is 83.0 Å². The minimum Gasteiger partial charge on any atom is -0.344 e. The highest BCUT2D eigenvalue weighted by Crippen LogP contribution is 2.66. The Morgan fingerprint density at radius 2 is 0.704 bits per heavy atom. The van der Waals surface area contributed by atoms with E-state index in [9.17, 15) is 0 Å². The lowest BCUT2D eigenvalue weighted by Crippen LogP contribution is -2.27. The molecule has 334 valence electrons. The van der Waals surface area contributed by atoms with Gasteiger partial charge in [0.05, 0.1) is 28.0 Å². The van der Waals surface area contributed by atoms with Gasteiger partial charge in [0.2, 0.25) is 0 Å². The van der Waals surface area contributed by atoms with E-state index in [4.69, 9.17) is 0 Å². The molecule has 1 aromatic heterocycles. The number of aryl methyl sites for hydroxylation is 1. The van der Waals surface area contributed by atoms with Gasteiger partial charge in [-0.2, -0.15) is 0 Å². The van der Waals surface area contributed by atoms with Crippen LogP contribution in [0.2, 0.25) is 0 Å². The van der Waals surface area contributed by atoms with E-state index in [0.717, 1.165) is 39.7 Å². The summed E-state index contributed by atoms with van der Waals surface area (Å²) in [6.45, 7) is 0. The third-order valence-electron chi connectivity index (χ3n) is 15.2. The van der Waals surface area contributed by atoms with Crippen molar-refractivity contribution in [1.82, 2.24) is 4.57 Å².